The molecule has 0 aliphatic carbocycles. The van der Waals surface area contributed by atoms with Crippen molar-refractivity contribution in [3.63, 3.8) is 0 Å². The number of hydrogen-bond acceptors (Lipinski definition) is 7. The molecular formula is C32H45NO7Si. The molecule has 2 saturated heterocycles. The van der Waals surface area contributed by atoms with Crippen LogP contribution in [0.2, 0.25) is 5.04 Å². The fraction of sp³-hybridized carbons (Fsp3) is 0.562. The van der Waals surface area contributed by atoms with E-state index < -0.39 is 56.1 Å². The van der Waals surface area contributed by atoms with Gasteiger partial charge in [-0.25, -0.2) is 9.69 Å². The molecule has 0 spiro atoms. The van der Waals surface area contributed by atoms with E-state index >= 15 is 0 Å². The summed E-state index contributed by atoms with van der Waals surface area (Å²) in [7, 11) is -2.83. The molecule has 0 N–H and O–H groups in total. The van der Waals surface area contributed by atoms with Gasteiger partial charge in [0.05, 0.1) is 19.3 Å². The number of fused-ring (bicyclic) bond motifs is 1. The number of rotatable bonds is 6. The first-order valence-corrected chi connectivity index (χ1v) is 16.2. The first-order chi connectivity index (χ1) is 19.1. The van der Waals surface area contributed by atoms with Crippen LogP contribution in [-0.4, -0.2) is 74.2 Å². The SMILES string of the molecule is CC(=O)N(C(=O)OC(C)(C)C)[C@H]1CO[C@H](CO[Si](c2ccccc2)(c2ccccc2)C(C)(C)C)[C@@H]2OC(C)(C)O[C@@H]21. The van der Waals surface area contributed by atoms with E-state index in [1.54, 1.807) is 20.8 Å². The Morgan fingerprint density at radius 3 is 1.88 bits per heavy atom. The quantitative estimate of drug-likeness (QED) is 0.459. The van der Waals surface area contributed by atoms with Crippen LogP contribution in [0.25, 0.3) is 0 Å². The molecule has 224 valence electrons. The third-order valence-electron chi connectivity index (χ3n) is 7.53. The molecule has 2 fully saturated rings. The first-order valence-electron chi connectivity index (χ1n) is 14.3. The number of carbonyl (C=O) groups is 2. The topological polar surface area (TPSA) is 83.5 Å². The predicted octanol–water partition coefficient (Wildman–Crippen LogP) is 4.63. The molecule has 0 aromatic heterocycles. The molecule has 8 nitrogen and oxygen atoms in total. The summed E-state index contributed by atoms with van der Waals surface area (Å²) in [5.41, 5.74) is -0.766. The van der Waals surface area contributed by atoms with Crippen LogP contribution >= 0.6 is 0 Å². The number of nitrogens with zero attached hydrogens (tertiary/aromatic N) is 1. The van der Waals surface area contributed by atoms with Crippen molar-refractivity contribution in [3.8, 4) is 0 Å². The van der Waals surface area contributed by atoms with Gasteiger partial charge in [0.15, 0.2) is 5.79 Å². The molecule has 4 atom stereocenters. The normalized spacial score (nSPS) is 24.4. The van der Waals surface area contributed by atoms with Crippen LogP contribution in [0.1, 0.15) is 62.3 Å². The zero-order chi connectivity index (χ0) is 30.2. The second-order valence-electron chi connectivity index (χ2n) is 13.3. The summed E-state index contributed by atoms with van der Waals surface area (Å²) >= 11 is 0. The van der Waals surface area contributed by atoms with E-state index in [-0.39, 0.29) is 18.3 Å². The van der Waals surface area contributed by atoms with Crippen molar-refractivity contribution >= 4 is 30.7 Å². The lowest BCUT2D eigenvalue weighted by molar-refractivity contribution is -0.157. The monoisotopic (exact) mass is 583 g/mol. The second kappa shape index (κ2) is 11.6. The maximum atomic E-state index is 13.1. The van der Waals surface area contributed by atoms with Crippen LogP contribution in [0, 0.1) is 0 Å². The summed E-state index contributed by atoms with van der Waals surface area (Å²) in [6.45, 7) is 17.3. The Balaban J connectivity index is 1.67. The highest BCUT2D eigenvalue weighted by atomic mass is 28.4. The van der Waals surface area contributed by atoms with Gasteiger partial charge < -0.3 is 23.4 Å². The summed E-state index contributed by atoms with van der Waals surface area (Å²) in [4.78, 5) is 27.0. The highest BCUT2D eigenvalue weighted by Gasteiger charge is 2.57. The van der Waals surface area contributed by atoms with E-state index in [0.29, 0.717) is 0 Å². The van der Waals surface area contributed by atoms with Crippen LogP contribution < -0.4 is 10.4 Å². The lowest BCUT2D eigenvalue weighted by Gasteiger charge is -2.45. The molecule has 2 heterocycles. The molecule has 2 aromatic rings. The lowest BCUT2D eigenvalue weighted by Crippen LogP contribution is -2.68. The van der Waals surface area contributed by atoms with Gasteiger partial charge in [0.25, 0.3) is 8.32 Å². The maximum Gasteiger partial charge on any atom is 0.417 e. The number of amides is 2. The van der Waals surface area contributed by atoms with E-state index in [1.807, 2.05) is 26.0 Å². The second-order valence-corrected chi connectivity index (χ2v) is 17.7. The molecule has 0 unspecified atom stereocenters. The van der Waals surface area contributed by atoms with Crippen LogP contribution in [0.5, 0.6) is 0 Å². The summed E-state index contributed by atoms with van der Waals surface area (Å²) in [5, 5.41) is 2.13. The zero-order valence-electron chi connectivity index (χ0n) is 25.8. The van der Waals surface area contributed by atoms with Gasteiger partial charge in [-0.15, -0.1) is 0 Å². The minimum atomic E-state index is -2.83. The van der Waals surface area contributed by atoms with Gasteiger partial charge in [0.2, 0.25) is 5.91 Å². The van der Waals surface area contributed by atoms with Crippen molar-refractivity contribution in [2.24, 2.45) is 0 Å². The Bertz CT molecular complexity index is 1170. The number of hydrogen-bond donors (Lipinski definition) is 0. The largest absolute Gasteiger partial charge is 0.443 e. The van der Waals surface area contributed by atoms with Gasteiger partial charge in [-0.2, -0.15) is 0 Å². The third kappa shape index (κ3) is 6.59. The molecule has 0 radical (unpaired) electrons. The van der Waals surface area contributed by atoms with Gasteiger partial charge >= 0.3 is 6.09 Å². The molecule has 2 aromatic carbocycles. The highest BCUT2D eigenvalue weighted by Crippen LogP contribution is 2.40. The minimum absolute atomic E-state index is 0.0776. The molecule has 2 amide bonds. The zero-order valence-corrected chi connectivity index (χ0v) is 26.8. The van der Waals surface area contributed by atoms with Crippen molar-refractivity contribution in [1.29, 1.82) is 0 Å². The van der Waals surface area contributed by atoms with Crippen LogP contribution in [0.15, 0.2) is 60.7 Å². The Morgan fingerprint density at radius 2 is 1.41 bits per heavy atom. The van der Waals surface area contributed by atoms with Gasteiger partial charge in [0.1, 0.15) is 23.9 Å². The Hall–Kier alpha value is -2.56. The Kier molecular flexibility index (Phi) is 8.88. The average molecular weight is 584 g/mol. The van der Waals surface area contributed by atoms with Crippen molar-refractivity contribution in [1.82, 2.24) is 4.90 Å². The molecule has 9 heteroatoms. The summed E-state index contributed by atoms with van der Waals surface area (Å²) in [6.07, 6.45) is -2.38. The Labute approximate surface area is 245 Å². The fourth-order valence-electron chi connectivity index (χ4n) is 5.96. The molecule has 0 bridgehead atoms. The number of carbonyl (C=O) groups excluding carboxylic acids is 2. The van der Waals surface area contributed by atoms with E-state index in [2.05, 4.69) is 69.3 Å². The van der Waals surface area contributed by atoms with Crippen molar-refractivity contribution < 1.29 is 33.0 Å². The van der Waals surface area contributed by atoms with Crippen molar-refractivity contribution in [2.45, 2.75) is 103 Å². The Morgan fingerprint density at radius 1 is 0.902 bits per heavy atom. The third-order valence-corrected chi connectivity index (χ3v) is 12.5. The first kappa shape index (κ1) is 31.4. The van der Waals surface area contributed by atoms with E-state index in [0.717, 1.165) is 4.90 Å². The van der Waals surface area contributed by atoms with Crippen LogP contribution in [-0.2, 0) is 28.2 Å². The lowest BCUT2D eigenvalue weighted by atomic mass is 9.97. The van der Waals surface area contributed by atoms with Gasteiger partial charge in [-0.3, -0.25) is 4.79 Å². The van der Waals surface area contributed by atoms with E-state index in [9.17, 15) is 9.59 Å². The number of imide groups is 1. The van der Waals surface area contributed by atoms with Gasteiger partial charge in [-0.1, -0.05) is 81.4 Å². The van der Waals surface area contributed by atoms with Crippen molar-refractivity contribution in [3.05, 3.63) is 60.7 Å². The molecule has 2 aliphatic rings. The molecule has 0 saturated carbocycles. The molecule has 2 aliphatic heterocycles. The van der Waals surface area contributed by atoms with Crippen molar-refractivity contribution in [2.75, 3.05) is 13.2 Å². The molecule has 41 heavy (non-hydrogen) atoms. The summed E-state index contributed by atoms with van der Waals surface area (Å²) < 4.78 is 31.8. The molecule has 4 rings (SSSR count). The predicted molar refractivity (Wildman–Crippen MR) is 160 cm³/mol. The number of benzene rings is 2. The van der Waals surface area contributed by atoms with Gasteiger partial charge in [0, 0.05) is 6.92 Å². The molecular weight excluding hydrogens is 538 g/mol. The summed E-state index contributed by atoms with van der Waals surface area (Å²) in [5.74, 6) is -1.38. The number of ether oxygens (including phenoxy) is 4. The standard InChI is InChI=1S/C32H45NO7Si/c1-22(34)33(29(35)40-30(2,3)4)25-20-36-26(28-27(25)38-32(8,9)39-28)21-37-41(31(5,6)7,23-16-12-10-13-17-23)24-18-14-11-15-19-24/h10-19,25-28H,20-21H2,1-9H3/t25-,26+,27+,28-/m0/s1. The van der Waals surface area contributed by atoms with Gasteiger partial charge in [-0.05, 0) is 50.0 Å². The van der Waals surface area contributed by atoms with E-state index in [1.165, 1.54) is 17.3 Å². The summed E-state index contributed by atoms with van der Waals surface area (Å²) in [6, 6.07) is 20.1. The smallest absolute Gasteiger partial charge is 0.417 e. The maximum absolute atomic E-state index is 13.1. The fourth-order valence-corrected chi connectivity index (χ4v) is 10.5. The van der Waals surface area contributed by atoms with Crippen LogP contribution in [0.3, 0.4) is 0 Å². The van der Waals surface area contributed by atoms with Crippen LogP contribution in [0.4, 0.5) is 4.79 Å². The van der Waals surface area contributed by atoms with E-state index in [4.69, 9.17) is 23.4 Å². The average Bonchev–Trinajstić information content (AvgIpc) is 3.20. The highest BCUT2D eigenvalue weighted by molar-refractivity contribution is 6.99. The minimum Gasteiger partial charge on any atom is -0.443 e.